The summed E-state index contributed by atoms with van der Waals surface area (Å²) in [6, 6.07) is 20.6. The molecular formula is C22H14BrNO4. The molecule has 0 spiro atoms. The van der Waals surface area contributed by atoms with Gasteiger partial charge in [0.05, 0.1) is 22.4 Å². The quantitative estimate of drug-likeness (QED) is 0.443. The van der Waals surface area contributed by atoms with Gasteiger partial charge >= 0.3 is 5.97 Å². The Bertz CT molecular complexity index is 1080. The van der Waals surface area contributed by atoms with E-state index in [1.54, 1.807) is 24.3 Å². The van der Waals surface area contributed by atoms with E-state index in [4.69, 9.17) is 4.74 Å². The number of carbonyl (C=O) groups excluding carboxylic acids is 3. The lowest BCUT2D eigenvalue weighted by molar-refractivity contribution is 0.0472. The molecule has 0 N–H and O–H groups in total. The van der Waals surface area contributed by atoms with Crippen molar-refractivity contribution in [3.05, 3.63) is 99.5 Å². The largest absolute Gasteiger partial charge is 0.457 e. The van der Waals surface area contributed by atoms with Gasteiger partial charge in [-0.1, -0.05) is 46.3 Å². The Morgan fingerprint density at radius 3 is 2.25 bits per heavy atom. The van der Waals surface area contributed by atoms with Crippen LogP contribution < -0.4 is 4.90 Å². The van der Waals surface area contributed by atoms with Gasteiger partial charge in [-0.2, -0.15) is 0 Å². The Labute approximate surface area is 169 Å². The molecule has 1 aliphatic heterocycles. The minimum atomic E-state index is -0.547. The molecule has 2 amide bonds. The van der Waals surface area contributed by atoms with Crippen molar-refractivity contribution in [2.24, 2.45) is 0 Å². The minimum Gasteiger partial charge on any atom is -0.457 e. The summed E-state index contributed by atoms with van der Waals surface area (Å²) in [5, 5.41) is 0. The lowest BCUT2D eigenvalue weighted by Crippen LogP contribution is -2.29. The van der Waals surface area contributed by atoms with E-state index in [-0.39, 0.29) is 23.3 Å². The zero-order chi connectivity index (χ0) is 19.7. The highest BCUT2D eigenvalue weighted by molar-refractivity contribution is 9.10. The Balaban J connectivity index is 1.56. The molecule has 0 saturated heterocycles. The number of amides is 2. The molecule has 6 heteroatoms. The fourth-order valence-electron chi connectivity index (χ4n) is 3.00. The first kappa shape index (κ1) is 18.1. The number of ether oxygens (including phenoxy) is 1. The van der Waals surface area contributed by atoms with Crippen LogP contribution in [0.1, 0.15) is 36.6 Å². The molecule has 3 aromatic rings. The van der Waals surface area contributed by atoms with Crippen molar-refractivity contribution in [1.29, 1.82) is 0 Å². The first-order chi connectivity index (χ1) is 13.5. The molecule has 0 bridgehead atoms. The second kappa shape index (κ2) is 7.40. The van der Waals surface area contributed by atoms with Crippen LogP contribution in [-0.4, -0.2) is 17.8 Å². The molecule has 4 rings (SSSR count). The number of imide groups is 1. The fraction of sp³-hybridized carbons (Fsp3) is 0.0455. The Hall–Kier alpha value is -3.25. The molecule has 0 radical (unpaired) electrons. The number of fused-ring (bicyclic) bond motifs is 1. The highest BCUT2D eigenvalue weighted by Gasteiger charge is 2.37. The lowest BCUT2D eigenvalue weighted by Gasteiger charge is -2.13. The Morgan fingerprint density at radius 1 is 0.857 bits per heavy atom. The highest BCUT2D eigenvalue weighted by Crippen LogP contribution is 2.30. The van der Waals surface area contributed by atoms with Gasteiger partial charge in [0, 0.05) is 4.47 Å². The van der Waals surface area contributed by atoms with Crippen LogP contribution in [0.3, 0.4) is 0 Å². The summed E-state index contributed by atoms with van der Waals surface area (Å²) in [6.07, 6.45) is 0. The van der Waals surface area contributed by atoms with Crippen LogP contribution in [0.15, 0.2) is 77.3 Å². The molecule has 3 aromatic carbocycles. The summed E-state index contributed by atoms with van der Waals surface area (Å²) in [4.78, 5) is 38.9. The third kappa shape index (κ3) is 3.34. The van der Waals surface area contributed by atoms with Gasteiger partial charge in [0.1, 0.15) is 6.61 Å². The summed E-state index contributed by atoms with van der Waals surface area (Å²) < 4.78 is 6.15. The molecule has 0 saturated carbocycles. The van der Waals surface area contributed by atoms with Gasteiger partial charge in [-0.3, -0.25) is 9.59 Å². The van der Waals surface area contributed by atoms with E-state index in [1.807, 2.05) is 30.3 Å². The number of hydrogen-bond acceptors (Lipinski definition) is 4. The van der Waals surface area contributed by atoms with Crippen LogP contribution in [0.5, 0.6) is 0 Å². The second-order valence-electron chi connectivity index (χ2n) is 6.24. The third-order valence-electron chi connectivity index (χ3n) is 4.42. The van der Waals surface area contributed by atoms with Gasteiger partial charge in [0.15, 0.2) is 0 Å². The van der Waals surface area contributed by atoms with E-state index in [0.717, 1.165) is 14.9 Å². The maximum Gasteiger partial charge on any atom is 0.338 e. The average molecular weight is 436 g/mol. The number of carbonyl (C=O) groups is 3. The maximum atomic E-state index is 12.8. The summed E-state index contributed by atoms with van der Waals surface area (Å²) in [5.41, 5.74) is 2.04. The second-order valence-corrected chi connectivity index (χ2v) is 7.16. The lowest BCUT2D eigenvalue weighted by atomic mass is 10.1. The minimum absolute atomic E-state index is 0.134. The van der Waals surface area contributed by atoms with Gasteiger partial charge in [-0.25, -0.2) is 9.69 Å². The monoisotopic (exact) mass is 435 g/mol. The van der Waals surface area contributed by atoms with Crippen LogP contribution in [0.25, 0.3) is 0 Å². The fourth-order valence-corrected chi connectivity index (χ4v) is 3.26. The van der Waals surface area contributed by atoms with Crippen LogP contribution in [0.2, 0.25) is 0 Å². The maximum absolute atomic E-state index is 12.8. The molecular weight excluding hydrogens is 422 g/mol. The zero-order valence-electron chi connectivity index (χ0n) is 14.6. The molecule has 1 aliphatic rings. The molecule has 0 atom stereocenters. The highest BCUT2D eigenvalue weighted by atomic mass is 79.9. The molecule has 1 heterocycles. The summed E-state index contributed by atoms with van der Waals surface area (Å²) in [5.74, 6) is -1.42. The van der Waals surface area contributed by atoms with Crippen LogP contribution >= 0.6 is 15.9 Å². The molecule has 0 fully saturated rings. The van der Waals surface area contributed by atoms with E-state index in [1.165, 1.54) is 18.2 Å². The number of benzene rings is 3. The van der Waals surface area contributed by atoms with Crippen molar-refractivity contribution in [2.75, 3.05) is 4.90 Å². The zero-order valence-corrected chi connectivity index (χ0v) is 16.2. The predicted octanol–water partition coefficient (Wildman–Crippen LogP) is 4.61. The van der Waals surface area contributed by atoms with Crippen molar-refractivity contribution >= 4 is 39.4 Å². The van der Waals surface area contributed by atoms with Gasteiger partial charge in [0.2, 0.25) is 0 Å². The molecule has 0 aliphatic carbocycles. The third-order valence-corrected chi connectivity index (χ3v) is 4.95. The number of halogens is 1. The van der Waals surface area contributed by atoms with E-state index in [9.17, 15) is 14.4 Å². The summed E-state index contributed by atoms with van der Waals surface area (Å²) >= 11 is 3.33. The number of hydrogen-bond donors (Lipinski definition) is 0. The first-order valence-corrected chi connectivity index (χ1v) is 9.33. The van der Waals surface area contributed by atoms with Gasteiger partial charge < -0.3 is 4.74 Å². The standard InChI is InChI=1S/C22H14BrNO4/c23-16-7-9-17(10-8-16)24-20(25)18-11-6-15(12-19(18)21(24)26)22(27)28-13-14-4-2-1-3-5-14/h1-12H,13H2. The molecule has 0 aromatic heterocycles. The Kier molecular flexibility index (Phi) is 4.79. The molecule has 5 nitrogen and oxygen atoms in total. The average Bonchev–Trinajstić information content (AvgIpc) is 2.97. The molecule has 0 unspecified atom stereocenters. The van der Waals surface area contributed by atoms with Crippen LogP contribution in [-0.2, 0) is 11.3 Å². The smallest absolute Gasteiger partial charge is 0.338 e. The first-order valence-electron chi connectivity index (χ1n) is 8.54. The summed E-state index contributed by atoms with van der Waals surface area (Å²) in [6.45, 7) is 0.134. The Morgan fingerprint density at radius 2 is 1.54 bits per heavy atom. The van der Waals surface area contributed by atoms with E-state index < -0.39 is 17.8 Å². The van der Waals surface area contributed by atoms with Crippen molar-refractivity contribution in [3.8, 4) is 0 Å². The van der Waals surface area contributed by atoms with Crippen molar-refractivity contribution in [2.45, 2.75) is 6.61 Å². The van der Waals surface area contributed by atoms with Gasteiger partial charge in [0.25, 0.3) is 11.8 Å². The van der Waals surface area contributed by atoms with E-state index >= 15 is 0 Å². The van der Waals surface area contributed by atoms with Crippen molar-refractivity contribution in [1.82, 2.24) is 0 Å². The van der Waals surface area contributed by atoms with Crippen molar-refractivity contribution < 1.29 is 19.1 Å². The molecule has 138 valence electrons. The van der Waals surface area contributed by atoms with Gasteiger partial charge in [-0.05, 0) is 48.0 Å². The molecule has 28 heavy (non-hydrogen) atoms. The van der Waals surface area contributed by atoms with Crippen LogP contribution in [0, 0.1) is 0 Å². The number of esters is 1. The number of anilines is 1. The SMILES string of the molecule is O=C(OCc1ccccc1)c1ccc2c(c1)C(=O)N(c1ccc(Br)cc1)C2=O. The van der Waals surface area contributed by atoms with Gasteiger partial charge in [-0.15, -0.1) is 0 Å². The number of rotatable bonds is 4. The topological polar surface area (TPSA) is 63.7 Å². The van der Waals surface area contributed by atoms with E-state index in [0.29, 0.717) is 5.69 Å². The predicted molar refractivity (Wildman–Crippen MR) is 107 cm³/mol. The normalized spacial score (nSPS) is 12.8. The number of nitrogens with zero attached hydrogens (tertiary/aromatic N) is 1. The van der Waals surface area contributed by atoms with Crippen LogP contribution in [0.4, 0.5) is 5.69 Å². The summed E-state index contributed by atoms with van der Waals surface area (Å²) in [7, 11) is 0. The van der Waals surface area contributed by atoms with Crippen molar-refractivity contribution in [3.63, 3.8) is 0 Å². The van der Waals surface area contributed by atoms with E-state index in [2.05, 4.69) is 15.9 Å².